The van der Waals surface area contributed by atoms with E-state index in [-0.39, 0.29) is 24.2 Å². The molecule has 3 atom stereocenters. The van der Waals surface area contributed by atoms with Gasteiger partial charge in [0.2, 0.25) is 5.88 Å². The molecule has 168 valence electrons. The van der Waals surface area contributed by atoms with Gasteiger partial charge in [-0.15, -0.1) is 11.3 Å². The van der Waals surface area contributed by atoms with Crippen LogP contribution in [0.2, 0.25) is 0 Å². The fourth-order valence-electron chi connectivity index (χ4n) is 3.54. The van der Waals surface area contributed by atoms with Gasteiger partial charge in [0.05, 0.1) is 17.5 Å². The Kier molecular flexibility index (Phi) is 7.16. The molecular formula is C20H21F3N2O5S. The number of pyridine rings is 1. The van der Waals surface area contributed by atoms with E-state index in [4.69, 9.17) is 19.4 Å². The van der Waals surface area contributed by atoms with Crippen LogP contribution in [0.1, 0.15) is 28.1 Å². The number of aliphatic carboxylic acids is 1. The number of likely N-dealkylation sites (tertiary alicyclic amines) is 1. The molecular weight excluding hydrogens is 437 g/mol. The number of fused-ring (bicyclic) bond motifs is 1. The number of carboxylic acids is 1. The molecule has 0 spiro atoms. The number of alkyl halides is 3. The average Bonchev–Trinajstić information content (AvgIpc) is 3.32. The van der Waals surface area contributed by atoms with Crippen LogP contribution in [0.3, 0.4) is 0 Å². The Morgan fingerprint density at radius 3 is 2.65 bits per heavy atom. The predicted octanol–water partition coefficient (Wildman–Crippen LogP) is 3.54. The Balaban J connectivity index is 0.000000339. The Morgan fingerprint density at radius 1 is 1.32 bits per heavy atom. The van der Waals surface area contributed by atoms with Gasteiger partial charge in [-0.25, -0.2) is 9.78 Å². The minimum atomic E-state index is -5.08. The first-order chi connectivity index (χ1) is 14.7. The standard InChI is InChI=1S/C18H20N2O3S.C2HF3O2/c1-12-7-10-24-17(12)18(21)20-11-14(16-13(20)5-4-9-22-16)23-15-6-2-3-8-19-15;3-2(4,5)1(6)7/h2-3,6-8,10,13-14,16H,4-5,9,11H2,1H3;(H,6,7)/t13-,14+,16+;/m1./s1. The largest absolute Gasteiger partial charge is 0.490 e. The molecule has 2 aromatic rings. The van der Waals surface area contributed by atoms with Crippen molar-refractivity contribution in [3.63, 3.8) is 0 Å². The molecule has 2 aromatic heterocycles. The topological polar surface area (TPSA) is 89.0 Å². The number of thiophene rings is 1. The van der Waals surface area contributed by atoms with Crippen molar-refractivity contribution in [3.05, 3.63) is 46.3 Å². The third-order valence-corrected chi connectivity index (χ3v) is 5.95. The number of hydrogen-bond acceptors (Lipinski definition) is 6. The number of carbonyl (C=O) groups excluding carboxylic acids is 1. The Labute approximate surface area is 180 Å². The Morgan fingerprint density at radius 2 is 2.06 bits per heavy atom. The first kappa shape index (κ1) is 23.0. The lowest BCUT2D eigenvalue weighted by molar-refractivity contribution is -0.192. The number of carbonyl (C=O) groups is 2. The maximum Gasteiger partial charge on any atom is 0.490 e. The van der Waals surface area contributed by atoms with Crippen LogP contribution < -0.4 is 4.74 Å². The van der Waals surface area contributed by atoms with Gasteiger partial charge in [-0.2, -0.15) is 13.2 Å². The van der Waals surface area contributed by atoms with Crippen molar-refractivity contribution in [1.82, 2.24) is 9.88 Å². The van der Waals surface area contributed by atoms with E-state index in [0.29, 0.717) is 12.4 Å². The molecule has 0 aliphatic carbocycles. The summed E-state index contributed by atoms with van der Waals surface area (Å²) in [5, 5.41) is 9.09. The van der Waals surface area contributed by atoms with Gasteiger partial charge >= 0.3 is 12.1 Å². The number of halogens is 3. The highest BCUT2D eigenvalue weighted by atomic mass is 32.1. The minimum absolute atomic E-state index is 0.0787. The van der Waals surface area contributed by atoms with Crippen molar-refractivity contribution in [3.8, 4) is 5.88 Å². The summed E-state index contributed by atoms with van der Waals surface area (Å²) in [4.78, 5) is 28.9. The monoisotopic (exact) mass is 458 g/mol. The van der Waals surface area contributed by atoms with Gasteiger partial charge in [0.25, 0.3) is 5.91 Å². The van der Waals surface area contributed by atoms with Crippen molar-refractivity contribution >= 4 is 23.2 Å². The molecule has 0 saturated carbocycles. The van der Waals surface area contributed by atoms with Crippen molar-refractivity contribution < 1.29 is 37.3 Å². The summed E-state index contributed by atoms with van der Waals surface area (Å²) in [7, 11) is 0. The lowest BCUT2D eigenvalue weighted by Crippen LogP contribution is -2.44. The lowest BCUT2D eigenvalue weighted by atomic mass is 10.0. The summed E-state index contributed by atoms with van der Waals surface area (Å²) < 4.78 is 43.8. The fourth-order valence-corrected chi connectivity index (χ4v) is 4.42. The van der Waals surface area contributed by atoms with Gasteiger partial charge in [-0.05, 0) is 42.8 Å². The van der Waals surface area contributed by atoms with Gasteiger partial charge < -0.3 is 19.5 Å². The molecule has 11 heteroatoms. The molecule has 1 amide bonds. The summed E-state index contributed by atoms with van der Waals surface area (Å²) in [5.41, 5.74) is 1.03. The SMILES string of the molecule is Cc1ccsc1C(=O)N1C[C@H](Oc2ccccn2)[C@H]2OCCC[C@H]21.O=C(O)C(F)(F)F. The molecule has 4 rings (SSSR count). The molecule has 31 heavy (non-hydrogen) atoms. The maximum atomic E-state index is 13.0. The van der Waals surface area contributed by atoms with E-state index < -0.39 is 12.1 Å². The normalized spacial score (nSPS) is 22.8. The number of carboxylic acid groups (broad SMARTS) is 1. The van der Waals surface area contributed by atoms with Gasteiger partial charge in [-0.3, -0.25) is 4.79 Å². The molecule has 1 N–H and O–H groups in total. The molecule has 0 unspecified atom stereocenters. The van der Waals surface area contributed by atoms with Gasteiger partial charge in [0.1, 0.15) is 12.2 Å². The highest BCUT2D eigenvalue weighted by molar-refractivity contribution is 7.12. The third-order valence-electron chi connectivity index (χ3n) is 4.95. The highest BCUT2D eigenvalue weighted by Crippen LogP contribution is 2.33. The van der Waals surface area contributed by atoms with E-state index in [9.17, 15) is 18.0 Å². The van der Waals surface area contributed by atoms with Crippen LogP contribution in [0.5, 0.6) is 5.88 Å². The van der Waals surface area contributed by atoms with E-state index in [1.807, 2.05) is 41.5 Å². The number of amides is 1. The second-order valence-corrected chi connectivity index (χ2v) is 7.98. The molecule has 0 radical (unpaired) electrons. The number of nitrogens with zero attached hydrogens (tertiary/aromatic N) is 2. The molecule has 2 saturated heterocycles. The first-order valence-electron chi connectivity index (χ1n) is 9.53. The van der Waals surface area contributed by atoms with Gasteiger partial charge in [0, 0.05) is 18.9 Å². The number of aryl methyl sites for hydroxylation is 1. The molecule has 2 aliphatic rings. The van der Waals surface area contributed by atoms with Crippen molar-refractivity contribution in [1.29, 1.82) is 0 Å². The van der Waals surface area contributed by atoms with Crippen LogP contribution in [0, 0.1) is 6.92 Å². The molecule has 7 nitrogen and oxygen atoms in total. The minimum Gasteiger partial charge on any atom is -0.475 e. The van der Waals surface area contributed by atoms with Crippen LogP contribution in [0.4, 0.5) is 13.2 Å². The summed E-state index contributed by atoms with van der Waals surface area (Å²) in [5.74, 6) is -2.08. The third kappa shape index (κ3) is 5.53. The van der Waals surface area contributed by atoms with E-state index in [0.717, 1.165) is 29.9 Å². The van der Waals surface area contributed by atoms with E-state index in [1.165, 1.54) is 11.3 Å². The number of rotatable bonds is 3. The maximum absolute atomic E-state index is 13.0. The van der Waals surface area contributed by atoms with Crippen LogP contribution in [0.15, 0.2) is 35.8 Å². The molecule has 0 bridgehead atoms. The Bertz CT molecular complexity index is 906. The summed E-state index contributed by atoms with van der Waals surface area (Å²) in [6.45, 7) is 3.25. The number of hydrogen-bond donors (Lipinski definition) is 1. The van der Waals surface area contributed by atoms with Crippen LogP contribution in [0.25, 0.3) is 0 Å². The zero-order valence-corrected chi connectivity index (χ0v) is 17.4. The van der Waals surface area contributed by atoms with Crippen LogP contribution in [-0.4, -0.2) is 64.4 Å². The van der Waals surface area contributed by atoms with Crippen molar-refractivity contribution in [2.45, 2.75) is 44.2 Å². The molecule has 0 aromatic carbocycles. The zero-order valence-electron chi connectivity index (χ0n) is 16.5. The molecule has 2 fully saturated rings. The van der Waals surface area contributed by atoms with Gasteiger partial charge in [0.15, 0.2) is 0 Å². The van der Waals surface area contributed by atoms with E-state index in [1.54, 1.807) is 6.20 Å². The lowest BCUT2D eigenvalue weighted by Gasteiger charge is -2.31. The number of ether oxygens (including phenoxy) is 2. The van der Waals surface area contributed by atoms with Crippen LogP contribution in [-0.2, 0) is 9.53 Å². The quantitative estimate of drug-likeness (QED) is 0.757. The average molecular weight is 458 g/mol. The van der Waals surface area contributed by atoms with E-state index in [2.05, 4.69) is 4.98 Å². The van der Waals surface area contributed by atoms with E-state index >= 15 is 0 Å². The predicted molar refractivity (Wildman–Crippen MR) is 105 cm³/mol. The Hall–Kier alpha value is -2.66. The smallest absolute Gasteiger partial charge is 0.475 e. The highest BCUT2D eigenvalue weighted by Gasteiger charge is 2.48. The first-order valence-corrected chi connectivity index (χ1v) is 10.4. The second-order valence-electron chi connectivity index (χ2n) is 7.06. The number of aromatic nitrogens is 1. The van der Waals surface area contributed by atoms with Crippen molar-refractivity contribution in [2.24, 2.45) is 0 Å². The molecule has 4 heterocycles. The van der Waals surface area contributed by atoms with Gasteiger partial charge in [-0.1, -0.05) is 6.07 Å². The van der Waals surface area contributed by atoms with Crippen molar-refractivity contribution in [2.75, 3.05) is 13.2 Å². The zero-order chi connectivity index (χ0) is 22.6. The second kappa shape index (κ2) is 9.65. The van der Waals surface area contributed by atoms with Crippen LogP contribution >= 0.6 is 11.3 Å². The summed E-state index contributed by atoms with van der Waals surface area (Å²) >= 11 is 1.50. The molecule has 2 aliphatic heterocycles. The fraction of sp³-hybridized carbons (Fsp3) is 0.450. The summed E-state index contributed by atoms with van der Waals surface area (Å²) in [6.07, 6.45) is -1.69. The summed E-state index contributed by atoms with van der Waals surface area (Å²) in [6, 6.07) is 7.67.